The minimum atomic E-state index is -0.352. The molecule has 0 saturated heterocycles. The van der Waals surface area contributed by atoms with Gasteiger partial charge in [-0.15, -0.1) is 11.3 Å². The predicted octanol–water partition coefficient (Wildman–Crippen LogP) is 5.15. The molecule has 4 aromatic rings. The number of hydrogen-bond donors (Lipinski definition) is 0. The fraction of sp³-hybridized carbons (Fsp3) is 0.167. The van der Waals surface area contributed by atoms with Crippen molar-refractivity contribution in [2.45, 2.75) is 19.9 Å². The van der Waals surface area contributed by atoms with Gasteiger partial charge in [-0.3, -0.25) is 9.36 Å². The van der Waals surface area contributed by atoms with Crippen molar-refractivity contribution in [1.29, 1.82) is 0 Å². The van der Waals surface area contributed by atoms with Gasteiger partial charge in [0.15, 0.2) is 0 Å². The van der Waals surface area contributed by atoms with Crippen molar-refractivity contribution in [3.05, 3.63) is 93.6 Å². The fourth-order valence-electron chi connectivity index (χ4n) is 3.46. The number of carbonyl (C=O) groups excluding carboxylic acids is 1. The summed E-state index contributed by atoms with van der Waals surface area (Å²) in [5, 5.41) is 0.900. The van der Waals surface area contributed by atoms with Gasteiger partial charge < -0.3 is 4.74 Å². The van der Waals surface area contributed by atoms with Gasteiger partial charge in [0.2, 0.25) is 0 Å². The molecule has 0 aliphatic carbocycles. The van der Waals surface area contributed by atoms with Gasteiger partial charge in [0, 0.05) is 23.6 Å². The second-order valence-corrected chi connectivity index (χ2v) is 7.67. The van der Waals surface area contributed by atoms with Crippen LogP contribution in [0.25, 0.3) is 21.3 Å². The Morgan fingerprint density at radius 2 is 1.66 bits per heavy atom. The van der Waals surface area contributed by atoms with E-state index in [9.17, 15) is 9.59 Å². The first-order valence-corrected chi connectivity index (χ1v) is 10.4. The summed E-state index contributed by atoms with van der Waals surface area (Å²) in [7, 11) is 0. The van der Waals surface area contributed by atoms with E-state index in [-0.39, 0.29) is 11.5 Å². The molecular weight excluding hydrogens is 382 g/mol. The molecule has 0 aliphatic rings. The lowest BCUT2D eigenvalue weighted by Gasteiger charge is -2.08. The number of carbonyl (C=O) groups is 1. The number of rotatable bonds is 6. The van der Waals surface area contributed by atoms with E-state index in [1.54, 1.807) is 17.6 Å². The number of fused-ring (bicyclic) bond motifs is 1. The van der Waals surface area contributed by atoms with Gasteiger partial charge in [0.05, 0.1) is 6.61 Å². The van der Waals surface area contributed by atoms with Crippen LogP contribution in [0.15, 0.2) is 77.6 Å². The maximum absolute atomic E-state index is 12.7. The molecule has 29 heavy (non-hydrogen) atoms. The molecule has 2 heterocycles. The quantitative estimate of drug-likeness (QED) is 0.418. The summed E-state index contributed by atoms with van der Waals surface area (Å²) in [6.45, 7) is 2.66. The molecule has 2 aromatic heterocycles. The average molecular weight is 404 g/mol. The second-order valence-electron chi connectivity index (χ2n) is 6.67. The third-order valence-electron chi connectivity index (χ3n) is 4.82. The van der Waals surface area contributed by atoms with Gasteiger partial charge >= 0.3 is 5.97 Å². The van der Waals surface area contributed by atoms with Crippen molar-refractivity contribution in [3.63, 3.8) is 0 Å². The molecule has 4 nitrogen and oxygen atoms in total. The maximum Gasteiger partial charge on any atom is 0.349 e. The summed E-state index contributed by atoms with van der Waals surface area (Å²) in [6, 6.07) is 23.3. The Bertz CT molecular complexity index is 1190. The molecule has 0 fully saturated rings. The molecule has 0 aliphatic heterocycles. The number of hydrogen-bond acceptors (Lipinski definition) is 4. The van der Waals surface area contributed by atoms with Crippen molar-refractivity contribution in [2.24, 2.45) is 0 Å². The zero-order chi connectivity index (χ0) is 20.2. The first-order chi connectivity index (χ1) is 14.2. The van der Waals surface area contributed by atoms with E-state index in [0.717, 1.165) is 27.8 Å². The molecule has 146 valence electrons. The highest BCUT2D eigenvalue weighted by Crippen LogP contribution is 2.38. The third-order valence-corrected chi connectivity index (χ3v) is 6.03. The molecule has 0 bridgehead atoms. The standard InChI is InChI=1S/C24H21NO3S/c1-2-28-24(27)22-21(18-11-7-4-8-12-18)19-13-14-20(26)25(23(19)29-22)16-15-17-9-5-3-6-10-17/h3-14H,2,15-16H2,1H3. The van der Waals surface area contributed by atoms with Crippen LogP contribution in [-0.2, 0) is 17.7 Å². The van der Waals surface area contributed by atoms with E-state index in [4.69, 9.17) is 4.74 Å². The Morgan fingerprint density at radius 3 is 2.34 bits per heavy atom. The van der Waals surface area contributed by atoms with E-state index in [1.165, 1.54) is 16.9 Å². The van der Waals surface area contributed by atoms with Crippen molar-refractivity contribution >= 4 is 27.5 Å². The van der Waals surface area contributed by atoms with Crippen LogP contribution in [0.4, 0.5) is 0 Å². The number of pyridine rings is 1. The lowest BCUT2D eigenvalue weighted by molar-refractivity contribution is 0.0533. The number of aromatic nitrogens is 1. The minimum absolute atomic E-state index is 0.0651. The van der Waals surface area contributed by atoms with Crippen LogP contribution in [-0.4, -0.2) is 17.1 Å². The Labute approximate surface area is 173 Å². The Balaban J connectivity index is 1.86. The monoisotopic (exact) mass is 403 g/mol. The molecule has 0 saturated carbocycles. The normalized spacial score (nSPS) is 10.9. The highest BCUT2D eigenvalue weighted by Gasteiger charge is 2.22. The van der Waals surface area contributed by atoms with Crippen LogP contribution < -0.4 is 5.56 Å². The van der Waals surface area contributed by atoms with Crippen LogP contribution in [0, 0.1) is 0 Å². The topological polar surface area (TPSA) is 48.3 Å². The smallest absolute Gasteiger partial charge is 0.349 e. The summed E-state index contributed by atoms with van der Waals surface area (Å²) in [6.07, 6.45) is 0.743. The zero-order valence-electron chi connectivity index (χ0n) is 16.1. The molecule has 0 radical (unpaired) electrons. The SMILES string of the molecule is CCOC(=O)c1sc2c(ccc(=O)n2CCc2ccccc2)c1-c1ccccc1. The minimum Gasteiger partial charge on any atom is -0.462 e. The summed E-state index contributed by atoms with van der Waals surface area (Å²) < 4.78 is 7.07. The predicted molar refractivity (Wildman–Crippen MR) is 118 cm³/mol. The van der Waals surface area contributed by atoms with Crippen LogP contribution in [0.5, 0.6) is 0 Å². The molecule has 0 amide bonds. The Kier molecular flexibility index (Phi) is 5.58. The van der Waals surface area contributed by atoms with E-state index in [1.807, 2.05) is 54.6 Å². The molecule has 0 N–H and O–H groups in total. The summed E-state index contributed by atoms with van der Waals surface area (Å²) in [4.78, 5) is 26.7. The third kappa shape index (κ3) is 3.87. The summed E-state index contributed by atoms with van der Waals surface area (Å²) in [5.41, 5.74) is 2.87. The van der Waals surface area contributed by atoms with E-state index < -0.39 is 0 Å². The number of thiophene rings is 1. The fourth-order valence-corrected chi connectivity index (χ4v) is 4.70. The number of esters is 1. The first kappa shape index (κ1) is 19.2. The van der Waals surface area contributed by atoms with Gasteiger partial charge in [0.25, 0.3) is 5.56 Å². The maximum atomic E-state index is 12.7. The lowest BCUT2D eigenvalue weighted by Crippen LogP contribution is -2.19. The first-order valence-electron chi connectivity index (χ1n) is 9.62. The number of benzene rings is 2. The molecule has 0 atom stereocenters. The van der Waals surface area contributed by atoms with E-state index in [0.29, 0.717) is 18.0 Å². The van der Waals surface area contributed by atoms with Gasteiger partial charge in [-0.25, -0.2) is 4.79 Å². The van der Waals surface area contributed by atoms with Crippen molar-refractivity contribution in [1.82, 2.24) is 4.57 Å². The van der Waals surface area contributed by atoms with Crippen LogP contribution >= 0.6 is 11.3 Å². The number of nitrogens with zero attached hydrogens (tertiary/aromatic N) is 1. The Hall–Kier alpha value is -3.18. The van der Waals surface area contributed by atoms with Crippen LogP contribution in [0.3, 0.4) is 0 Å². The van der Waals surface area contributed by atoms with Crippen molar-refractivity contribution in [2.75, 3.05) is 6.61 Å². The molecule has 0 unspecified atom stereocenters. The largest absolute Gasteiger partial charge is 0.462 e. The number of ether oxygens (including phenoxy) is 1. The lowest BCUT2D eigenvalue weighted by atomic mass is 10.0. The number of aryl methyl sites for hydroxylation is 2. The highest BCUT2D eigenvalue weighted by molar-refractivity contribution is 7.21. The molecular formula is C24H21NO3S. The van der Waals surface area contributed by atoms with Crippen LogP contribution in [0.2, 0.25) is 0 Å². The second kappa shape index (κ2) is 8.45. The van der Waals surface area contributed by atoms with Crippen LogP contribution in [0.1, 0.15) is 22.2 Å². The Morgan fingerprint density at radius 1 is 0.966 bits per heavy atom. The molecule has 0 spiro atoms. The van der Waals surface area contributed by atoms with Gasteiger partial charge in [-0.1, -0.05) is 60.7 Å². The average Bonchev–Trinajstić information content (AvgIpc) is 3.14. The van der Waals surface area contributed by atoms with Crippen molar-refractivity contribution < 1.29 is 9.53 Å². The van der Waals surface area contributed by atoms with Gasteiger partial charge in [-0.2, -0.15) is 0 Å². The molecule has 2 aromatic carbocycles. The van der Waals surface area contributed by atoms with Gasteiger partial charge in [-0.05, 0) is 30.5 Å². The highest BCUT2D eigenvalue weighted by atomic mass is 32.1. The molecule has 5 heteroatoms. The zero-order valence-corrected chi connectivity index (χ0v) is 16.9. The summed E-state index contributed by atoms with van der Waals surface area (Å²) in [5.74, 6) is -0.352. The van der Waals surface area contributed by atoms with E-state index >= 15 is 0 Å². The summed E-state index contributed by atoms with van der Waals surface area (Å²) >= 11 is 1.33. The van der Waals surface area contributed by atoms with Crippen molar-refractivity contribution in [3.8, 4) is 11.1 Å². The van der Waals surface area contributed by atoms with Gasteiger partial charge in [0.1, 0.15) is 9.71 Å². The molecule has 4 rings (SSSR count). The van der Waals surface area contributed by atoms with E-state index in [2.05, 4.69) is 12.1 Å².